The predicted octanol–water partition coefficient (Wildman–Crippen LogP) is 10.1. The number of hydrogen-bond donors (Lipinski definition) is 6. The number of amides is 6. The normalized spacial score (nSPS) is 19.1. The van der Waals surface area contributed by atoms with Crippen LogP contribution in [0.3, 0.4) is 0 Å². The van der Waals surface area contributed by atoms with Crippen molar-refractivity contribution in [3.05, 3.63) is 104 Å². The SMILES string of the molecule is CCc1cc(NC(=O)[C@@H](NC(=O)c2ccnn2C(C)C)C(C2CC2)C2CC2CC(C)n2nccc2C(=O)N[C@H](C(=O)Nc2cc(Br)c(C(C)C(=O)NCC(F)(F)F)cc2F)C(=C2CC2)C2CC2)c(F)cc1[C@@H](C)C(=O)NCC(F)(F)F. The van der Waals surface area contributed by atoms with Crippen molar-refractivity contribution in [2.24, 2.45) is 29.6 Å². The Kier molecular flexibility index (Phi) is 18.2. The zero-order chi connectivity index (χ0) is 59.0. The van der Waals surface area contributed by atoms with Crippen molar-refractivity contribution in [3.63, 3.8) is 0 Å². The van der Waals surface area contributed by atoms with Gasteiger partial charge in [0.25, 0.3) is 17.7 Å². The van der Waals surface area contributed by atoms with E-state index in [9.17, 15) is 55.1 Å². The molecule has 16 nitrogen and oxygen atoms in total. The van der Waals surface area contributed by atoms with Gasteiger partial charge >= 0.3 is 12.4 Å². The highest BCUT2D eigenvalue weighted by molar-refractivity contribution is 9.10. The second-order valence-electron chi connectivity index (χ2n) is 22.1. The maximum absolute atomic E-state index is 16.1. The van der Waals surface area contributed by atoms with Crippen LogP contribution in [-0.4, -0.2) is 92.5 Å². The Morgan fingerprint density at radius 3 is 1.77 bits per heavy atom. The molecule has 0 bridgehead atoms. The molecule has 438 valence electrons. The summed E-state index contributed by atoms with van der Waals surface area (Å²) in [5.74, 6) is -9.46. The number of carbonyl (C=O) groups is 6. The van der Waals surface area contributed by atoms with E-state index in [2.05, 4.69) is 47.4 Å². The fraction of sp³-hybridized carbons (Fsp3) is 0.536. The molecule has 4 aromatic rings. The second kappa shape index (κ2) is 24.4. The van der Waals surface area contributed by atoms with E-state index < -0.39 is 108 Å². The summed E-state index contributed by atoms with van der Waals surface area (Å²) in [6.07, 6.45) is -0.569. The maximum atomic E-state index is 16.1. The highest BCUT2D eigenvalue weighted by atomic mass is 79.9. The molecule has 0 spiro atoms. The first-order valence-electron chi connectivity index (χ1n) is 27.2. The number of allylic oxidation sites excluding steroid dienone is 1. The second-order valence-corrected chi connectivity index (χ2v) is 22.9. The van der Waals surface area contributed by atoms with Crippen molar-refractivity contribution in [1.82, 2.24) is 40.8 Å². The van der Waals surface area contributed by atoms with Gasteiger partial charge in [0, 0.05) is 22.9 Å². The number of rotatable bonds is 24. The van der Waals surface area contributed by atoms with Crippen LogP contribution in [0.15, 0.2) is 64.4 Å². The third kappa shape index (κ3) is 14.9. The largest absolute Gasteiger partial charge is 0.405 e. The Hall–Kier alpha value is -6.66. The van der Waals surface area contributed by atoms with Gasteiger partial charge in [-0.2, -0.15) is 36.5 Å². The minimum atomic E-state index is -4.66. The number of nitrogens with one attached hydrogen (secondary N) is 6. The topological polar surface area (TPSA) is 210 Å². The Bertz CT molecular complexity index is 3090. The van der Waals surface area contributed by atoms with Crippen LogP contribution in [0.1, 0.15) is 154 Å². The highest BCUT2D eigenvalue weighted by Gasteiger charge is 2.54. The summed E-state index contributed by atoms with van der Waals surface area (Å²) in [6.45, 7) is 6.81. The highest BCUT2D eigenvalue weighted by Crippen LogP contribution is 2.57. The molecule has 4 saturated carbocycles. The maximum Gasteiger partial charge on any atom is 0.405 e. The van der Waals surface area contributed by atoms with Gasteiger partial charge in [0.2, 0.25) is 17.7 Å². The van der Waals surface area contributed by atoms with Crippen molar-refractivity contribution in [2.75, 3.05) is 23.7 Å². The van der Waals surface area contributed by atoms with E-state index >= 15 is 8.78 Å². The van der Waals surface area contributed by atoms with Crippen LogP contribution in [0.5, 0.6) is 0 Å². The first-order valence-corrected chi connectivity index (χ1v) is 28.0. The molecule has 0 radical (unpaired) electrons. The fourth-order valence-corrected chi connectivity index (χ4v) is 11.7. The lowest BCUT2D eigenvalue weighted by atomic mass is 9.86. The van der Waals surface area contributed by atoms with Gasteiger partial charge in [0.1, 0.15) is 48.2 Å². The molecule has 25 heteroatoms. The van der Waals surface area contributed by atoms with Gasteiger partial charge in [-0.05, 0) is 181 Å². The molecule has 5 unspecified atom stereocenters. The average molecular weight is 1210 g/mol. The first-order chi connectivity index (χ1) is 38.1. The lowest BCUT2D eigenvalue weighted by Gasteiger charge is -2.29. The van der Waals surface area contributed by atoms with Crippen molar-refractivity contribution in [1.29, 1.82) is 0 Å². The number of halogens is 9. The molecule has 2 heterocycles. The number of hydrogen-bond acceptors (Lipinski definition) is 8. The van der Waals surface area contributed by atoms with Gasteiger partial charge < -0.3 is 31.9 Å². The van der Waals surface area contributed by atoms with Crippen molar-refractivity contribution < 1.29 is 63.9 Å². The minimum absolute atomic E-state index is 0.000414. The third-order valence-electron chi connectivity index (χ3n) is 15.6. The number of anilines is 2. The molecular weight excluding hydrogens is 1140 g/mol. The van der Waals surface area contributed by atoms with Crippen LogP contribution in [0.4, 0.5) is 46.5 Å². The molecule has 81 heavy (non-hydrogen) atoms. The van der Waals surface area contributed by atoms with Crippen LogP contribution >= 0.6 is 15.9 Å². The Morgan fingerprint density at radius 1 is 0.691 bits per heavy atom. The van der Waals surface area contributed by atoms with Crippen molar-refractivity contribution in [3.8, 4) is 0 Å². The van der Waals surface area contributed by atoms with E-state index in [1.165, 1.54) is 55.2 Å². The summed E-state index contributed by atoms with van der Waals surface area (Å²) < 4.78 is 112. The molecule has 2 aromatic carbocycles. The van der Waals surface area contributed by atoms with E-state index in [0.29, 0.717) is 31.2 Å². The number of aryl methyl sites for hydroxylation is 1. The smallest absolute Gasteiger partial charge is 0.346 e. The number of aromatic nitrogens is 4. The van der Waals surface area contributed by atoms with E-state index in [1.54, 1.807) is 16.9 Å². The van der Waals surface area contributed by atoms with Crippen LogP contribution in [0.25, 0.3) is 0 Å². The van der Waals surface area contributed by atoms with E-state index in [0.717, 1.165) is 49.0 Å². The molecule has 0 aliphatic heterocycles. The Morgan fingerprint density at radius 2 is 1.22 bits per heavy atom. The van der Waals surface area contributed by atoms with Crippen LogP contribution in [0, 0.1) is 41.2 Å². The standard InChI is InChI=1S/C56H65BrF8N10O6/c1-7-30-20-41(39(58)21-35(30)28(5)49(76)66-24-55(60,61)62)70-54(81)48(73-51(78)43-14-16-68-74(43)26(2)3)46(33-12-13-33)37-19-34(37)18-27(4)75-44(15-17-69-75)52(79)72-47(45(31-8-9-31)32-10-11-32)53(80)71-42-23-38(57)36(22-40(42)59)29(6)50(77)67-25-56(63,64)65/h14-17,20-23,26-29,31,33-34,37,46-48H,7-13,18-19,24-25H2,1-6H3,(H,66,76)(H,67,77)(H,70,81)(H,71,80)(H,72,79)(H,73,78)/t27?,28-,29?,34?,37?,46?,47+,48+/m1/s1. The molecule has 4 aliphatic rings. The predicted molar refractivity (Wildman–Crippen MR) is 286 cm³/mol. The molecule has 6 amide bonds. The molecule has 8 rings (SSSR count). The third-order valence-corrected chi connectivity index (χ3v) is 16.3. The number of benzene rings is 2. The minimum Gasteiger partial charge on any atom is -0.346 e. The number of nitrogens with zero attached hydrogens (tertiary/aromatic N) is 4. The van der Waals surface area contributed by atoms with E-state index in [1.807, 2.05) is 26.1 Å². The average Bonchev–Trinajstić information content (AvgIpc) is 4.39. The fourth-order valence-electron chi connectivity index (χ4n) is 11.0. The van der Waals surface area contributed by atoms with Gasteiger partial charge in [-0.1, -0.05) is 28.4 Å². The Balaban J connectivity index is 0.991. The van der Waals surface area contributed by atoms with Crippen LogP contribution < -0.4 is 31.9 Å². The summed E-state index contributed by atoms with van der Waals surface area (Å²) in [5, 5.41) is 23.6. The summed E-state index contributed by atoms with van der Waals surface area (Å²) in [4.78, 5) is 82.9. The van der Waals surface area contributed by atoms with E-state index in [-0.39, 0.29) is 74.5 Å². The van der Waals surface area contributed by atoms with Gasteiger partial charge in [-0.3, -0.25) is 38.1 Å². The summed E-state index contributed by atoms with van der Waals surface area (Å²) >= 11 is 3.28. The number of carbonyl (C=O) groups excluding carboxylic acids is 6. The summed E-state index contributed by atoms with van der Waals surface area (Å²) in [5.41, 5.74) is 2.12. The van der Waals surface area contributed by atoms with Gasteiger partial charge in [-0.15, -0.1) is 0 Å². The summed E-state index contributed by atoms with van der Waals surface area (Å²) in [7, 11) is 0. The summed E-state index contributed by atoms with van der Waals surface area (Å²) in [6, 6.07) is 4.52. The molecule has 8 atom stereocenters. The van der Waals surface area contributed by atoms with Crippen molar-refractivity contribution in [2.45, 2.75) is 148 Å². The van der Waals surface area contributed by atoms with Gasteiger partial charge in [0.15, 0.2) is 0 Å². The quantitative estimate of drug-likeness (QED) is 0.0293. The van der Waals surface area contributed by atoms with Crippen LogP contribution in [-0.2, 0) is 25.6 Å². The van der Waals surface area contributed by atoms with Crippen molar-refractivity contribution >= 4 is 62.7 Å². The Labute approximate surface area is 470 Å². The first kappa shape index (κ1) is 60.4. The molecular formula is C56H65BrF8N10O6. The zero-order valence-corrected chi connectivity index (χ0v) is 47.0. The van der Waals surface area contributed by atoms with E-state index in [4.69, 9.17) is 0 Å². The molecule has 4 aliphatic carbocycles. The molecule has 6 N–H and O–H groups in total. The van der Waals surface area contributed by atoms with Gasteiger partial charge in [-0.25, -0.2) is 8.78 Å². The molecule has 2 aromatic heterocycles. The molecule has 4 fully saturated rings. The molecule has 0 saturated heterocycles. The zero-order valence-electron chi connectivity index (χ0n) is 45.4. The van der Waals surface area contributed by atoms with Crippen LogP contribution in [0.2, 0.25) is 0 Å². The number of alkyl halides is 6. The lowest BCUT2D eigenvalue weighted by molar-refractivity contribution is -0.139. The lowest BCUT2D eigenvalue weighted by Crippen LogP contribution is -2.50. The van der Waals surface area contributed by atoms with Gasteiger partial charge in [0.05, 0.1) is 29.3 Å². The monoisotopic (exact) mass is 1200 g/mol.